The van der Waals surface area contributed by atoms with Crippen LogP contribution in [0.5, 0.6) is 0 Å². The number of benzene rings is 2. The van der Waals surface area contributed by atoms with Crippen molar-refractivity contribution in [2.75, 3.05) is 6.54 Å². The Hall–Kier alpha value is -3.28. The summed E-state index contributed by atoms with van der Waals surface area (Å²) in [6.45, 7) is -0.209. The third-order valence-electron chi connectivity index (χ3n) is 5.12. The highest BCUT2D eigenvalue weighted by Gasteiger charge is 2.49. The maximum atomic E-state index is 13.0. The van der Waals surface area contributed by atoms with Crippen molar-refractivity contribution in [2.45, 2.75) is 18.1 Å². The second kappa shape index (κ2) is 8.34. The molecule has 2 unspecified atom stereocenters. The summed E-state index contributed by atoms with van der Waals surface area (Å²) in [5.41, 5.74) is 0.713. The number of aliphatic hydroxyl groups is 1. The summed E-state index contributed by atoms with van der Waals surface area (Å²) in [6.07, 6.45) is -5.76. The number of carbonyl (C=O) groups is 2. The minimum Gasteiger partial charge on any atom is -0.361 e. The number of hydrogen-bond acceptors (Lipinski definition) is 6. The first-order valence-electron chi connectivity index (χ1n) is 9.41. The third-order valence-corrected chi connectivity index (χ3v) is 5.70. The number of aliphatic hydroxyl groups excluding tert-OH is 1. The van der Waals surface area contributed by atoms with Crippen LogP contribution in [0.2, 0.25) is 0 Å². The number of nitrogens with zero attached hydrogens (tertiary/aromatic N) is 1. The number of alkyl halides is 3. The van der Waals surface area contributed by atoms with Crippen LogP contribution in [-0.2, 0) is 16.5 Å². The molecular weight excluding hydrogens is 445 g/mol. The number of carbonyl (C=O) groups excluding carboxylic acids is 2. The molecule has 11 heteroatoms. The fourth-order valence-electron chi connectivity index (χ4n) is 3.50. The zero-order chi connectivity index (χ0) is 22.9. The van der Waals surface area contributed by atoms with Crippen molar-refractivity contribution in [2.24, 2.45) is 0 Å². The van der Waals surface area contributed by atoms with E-state index in [1.54, 1.807) is 23.6 Å². The van der Waals surface area contributed by atoms with Crippen molar-refractivity contribution in [1.29, 1.82) is 0 Å². The van der Waals surface area contributed by atoms with Gasteiger partial charge in [-0.2, -0.15) is 13.2 Å². The van der Waals surface area contributed by atoms with Crippen LogP contribution in [0.1, 0.15) is 21.6 Å². The number of amides is 2. The molecule has 7 nitrogen and oxygen atoms in total. The van der Waals surface area contributed by atoms with E-state index in [0.29, 0.717) is 16.8 Å². The predicted octanol–water partition coefficient (Wildman–Crippen LogP) is 2.45. The fraction of sp³-hybridized carbons (Fsp3) is 0.190. The molecule has 2 amide bonds. The Morgan fingerprint density at radius 2 is 1.91 bits per heavy atom. The SMILES string of the molecule is O=C(NCC1(c2cscn2)NC(O)NC1=O)c1ccccc1-c1ccc(C(F)(F)F)cc1. The first kappa shape index (κ1) is 21.9. The lowest BCUT2D eigenvalue weighted by Crippen LogP contribution is -2.53. The Bertz CT molecular complexity index is 1140. The molecule has 4 N–H and O–H groups in total. The van der Waals surface area contributed by atoms with Gasteiger partial charge in [0.25, 0.3) is 11.8 Å². The van der Waals surface area contributed by atoms with Crippen LogP contribution in [0.3, 0.4) is 0 Å². The quantitative estimate of drug-likeness (QED) is 0.467. The van der Waals surface area contributed by atoms with E-state index in [0.717, 1.165) is 12.1 Å². The summed E-state index contributed by atoms with van der Waals surface area (Å²) >= 11 is 1.26. The molecule has 1 fully saturated rings. The van der Waals surface area contributed by atoms with Gasteiger partial charge in [-0.15, -0.1) is 11.3 Å². The van der Waals surface area contributed by atoms with Crippen LogP contribution < -0.4 is 16.0 Å². The van der Waals surface area contributed by atoms with E-state index < -0.39 is 35.4 Å². The minimum absolute atomic E-state index is 0.209. The van der Waals surface area contributed by atoms with Crippen molar-refractivity contribution in [3.8, 4) is 11.1 Å². The smallest absolute Gasteiger partial charge is 0.361 e. The Morgan fingerprint density at radius 3 is 2.50 bits per heavy atom. The van der Waals surface area contributed by atoms with Gasteiger partial charge in [0.2, 0.25) is 0 Å². The van der Waals surface area contributed by atoms with Crippen molar-refractivity contribution < 1.29 is 27.9 Å². The van der Waals surface area contributed by atoms with Crippen molar-refractivity contribution in [3.05, 3.63) is 76.2 Å². The van der Waals surface area contributed by atoms with Gasteiger partial charge in [0, 0.05) is 10.9 Å². The lowest BCUT2D eigenvalue weighted by atomic mass is 9.95. The van der Waals surface area contributed by atoms with Crippen LogP contribution in [0.4, 0.5) is 13.2 Å². The standard InChI is InChI=1S/C21H17F3N4O3S/c22-21(23,24)13-7-5-12(6-8-13)14-3-1-2-4-15(14)17(29)25-10-20(16-9-32-11-26-16)18(30)27-19(31)28-20/h1-9,11,19,28,31H,10H2,(H,25,29)(H,27,30). The van der Waals surface area contributed by atoms with E-state index in [4.69, 9.17) is 0 Å². The molecule has 166 valence electrons. The Morgan fingerprint density at radius 1 is 1.19 bits per heavy atom. The van der Waals surface area contributed by atoms with E-state index in [2.05, 4.69) is 20.9 Å². The number of thiazole rings is 1. The summed E-state index contributed by atoms with van der Waals surface area (Å²) in [7, 11) is 0. The lowest BCUT2D eigenvalue weighted by molar-refractivity contribution is -0.137. The largest absolute Gasteiger partial charge is 0.416 e. The molecule has 32 heavy (non-hydrogen) atoms. The third kappa shape index (κ3) is 4.09. The summed E-state index contributed by atoms with van der Waals surface area (Å²) in [4.78, 5) is 29.7. The van der Waals surface area contributed by atoms with Crippen LogP contribution >= 0.6 is 11.3 Å². The molecule has 2 heterocycles. The Kier molecular flexibility index (Phi) is 5.71. The molecule has 2 atom stereocenters. The first-order chi connectivity index (χ1) is 15.2. The number of aromatic nitrogens is 1. The molecule has 1 aromatic heterocycles. The van der Waals surface area contributed by atoms with Gasteiger partial charge in [-0.25, -0.2) is 4.98 Å². The Balaban J connectivity index is 1.59. The van der Waals surface area contributed by atoms with Crippen LogP contribution in [0.15, 0.2) is 59.4 Å². The molecule has 0 saturated carbocycles. The van der Waals surface area contributed by atoms with Gasteiger partial charge < -0.3 is 15.7 Å². The molecule has 1 aliphatic heterocycles. The molecule has 0 aliphatic carbocycles. The molecule has 0 spiro atoms. The normalized spacial score (nSPS) is 20.8. The number of nitrogens with one attached hydrogen (secondary N) is 3. The number of halogens is 3. The molecule has 2 aromatic carbocycles. The second-order valence-corrected chi connectivity index (χ2v) is 7.82. The van der Waals surface area contributed by atoms with Crippen LogP contribution in [0, 0.1) is 0 Å². The van der Waals surface area contributed by atoms with Crippen LogP contribution in [0.25, 0.3) is 11.1 Å². The van der Waals surface area contributed by atoms with E-state index in [-0.39, 0.29) is 12.1 Å². The Labute approximate surface area is 184 Å². The van der Waals surface area contributed by atoms with E-state index in [1.165, 1.54) is 35.0 Å². The zero-order valence-corrected chi connectivity index (χ0v) is 17.1. The van der Waals surface area contributed by atoms with Crippen LogP contribution in [-0.4, -0.2) is 34.8 Å². The number of rotatable bonds is 5. The number of hydrogen-bond donors (Lipinski definition) is 4. The van der Waals surface area contributed by atoms with Crippen molar-refractivity contribution >= 4 is 23.2 Å². The van der Waals surface area contributed by atoms with Crippen molar-refractivity contribution in [3.63, 3.8) is 0 Å². The predicted molar refractivity (Wildman–Crippen MR) is 110 cm³/mol. The van der Waals surface area contributed by atoms with E-state index in [9.17, 15) is 27.9 Å². The molecule has 0 radical (unpaired) electrons. The van der Waals surface area contributed by atoms with Gasteiger partial charge in [0.1, 0.15) is 0 Å². The van der Waals surface area contributed by atoms with Gasteiger partial charge in [-0.3, -0.25) is 14.9 Å². The second-order valence-electron chi connectivity index (χ2n) is 7.10. The summed E-state index contributed by atoms with van der Waals surface area (Å²) < 4.78 is 38.6. The van der Waals surface area contributed by atoms with E-state index in [1.807, 2.05) is 0 Å². The topological polar surface area (TPSA) is 103 Å². The van der Waals surface area contributed by atoms with Gasteiger partial charge >= 0.3 is 6.18 Å². The lowest BCUT2D eigenvalue weighted by Gasteiger charge is -2.25. The average Bonchev–Trinajstić information content (AvgIpc) is 3.40. The molecule has 0 bridgehead atoms. The summed E-state index contributed by atoms with van der Waals surface area (Å²) in [6, 6.07) is 11.0. The van der Waals surface area contributed by atoms with Crippen molar-refractivity contribution in [1.82, 2.24) is 20.9 Å². The average molecular weight is 462 g/mol. The van der Waals surface area contributed by atoms with Gasteiger partial charge in [-0.1, -0.05) is 30.3 Å². The fourth-order valence-corrected chi connectivity index (χ4v) is 4.12. The molecule has 1 saturated heterocycles. The van der Waals surface area contributed by atoms with Gasteiger partial charge in [0.15, 0.2) is 11.9 Å². The summed E-state index contributed by atoms with van der Waals surface area (Å²) in [5, 5.41) is 19.2. The van der Waals surface area contributed by atoms with E-state index >= 15 is 0 Å². The maximum absolute atomic E-state index is 13.0. The molecule has 3 aromatic rings. The molecular formula is C21H17F3N4O3S. The highest BCUT2D eigenvalue weighted by atomic mass is 32.1. The maximum Gasteiger partial charge on any atom is 0.416 e. The minimum atomic E-state index is -4.46. The monoisotopic (exact) mass is 462 g/mol. The zero-order valence-electron chi connectivity index (χ0n) is 16.3. The highest BCUT2D eigenvalue weighted by Crippen LogP contribution is 2.32. The van der Waals surface area contributed by atoms with Gasteiger partial charge in [0.05, 0.1) is 23.3 Å². The molecule has 1 aliphatic rings. The molecule has 4 rings (SSSR count). The summed E-state index contributed by atoms with van der Waals surface area (Å²) in [5.74, 6) is -1.08. The van der Waals surface area contributed by atoms with Gasteiger partial charge in [-0.05, 0) is 29.3 Å². The first-order valence-corrected chi connectivity index (χ1v) is 10.4. The highest BCUT2D eigenvalue weighted by molar-refractivity contribution is 7.07.